The Morgan fingerprint density at radius 3 is 2.60 bits per heavy atom. The highest BCUT2D eigenvalue weighted by Crippen LogP contribution is 2.23. The number of nitrogens with one attached hydrogen (secondary N) is 1. The van der Waals surface area contributed by atoms with Gasteiger partial charge in [0.1, 0.15) is 17.5 Å². The van der Waals surface area contributed by atoms with Crippen LogP contribution in [0.5, 0.6) is 0 Å². The Labute approximate surface area is 123 Å². The van der Waals surface area contributed by atoms with Crippen molar-refractivity contribution in [1.82, 2.24) is 9.97 Å². The third-order valence-electron chi connectivity index (χ3n) is 3.90. The molecule has 1 N–H and O–H groups in total. The first kappa shape index (κ1) is 15.1. The lowest BCUT2D eigenvalue weighted by atomic mass is 9.99. The average molecular weight is 276 g/mol. The second kappa shape index (κ2) is 7.46. The van der Waals surface area contributed by atoms with Crippen LogP contribution in [-0.2, 0) is 6.42 Å². The molecule has 4 nitrogen and oxygen atoms in total. The zero-order valence-corrected chi connectivity index (χ0v) is 13.2. The maximum atomic E-state index is 4.75. The molecule has 0 aliphatic carbocycles. The molecule has 0 atom stereocenters. The third kappa shape index (κ3) is 4.09. The Morgan fingerprint density at radius 1 is 1.20 bits per heavy atom. The molecule has 0 saturated carbocycles. The highest BCUT2D eigenvalue weighted by molar-refractivity contribution is 5.49. The van der Waals surface area contributed by atoms with E-state index in [1.54, 1.807) is 0 Å². The van der Waals surface area contributed by atoms with Gasteiger partial charge in [-0.15, -0.1) is 0 Å². The summed E-state index contributed by atoms with van der Waals surface area (Å²) in [6.07, 6.45) is 5.70. The molecule has 1 aromatic heterocycles. The Kier molecular flexibility index (Phi) is 5.62. The molecule has 1 aliphatic rings. The molecule has 0 aromatic carbocycles. The van der Waals surface area contributed by atoms with Gasteiger partial charge in [0.05, 0.1) is 0 Å². The third-order valence-corrected chi connectivity index (χ3v) is 3.90. The minimum absolute atomic E-state index is 0.848. The summed E-state index contributed by atoms with van der Waals surface area (Å²) in [4.78, 5) is 11.8. The van der Waals surface area contributed by atoms with Crippen molar-refractivity contribution in [3.8, 4) is 0 Å². The zero-order valence-electron chi connectivity index (χ0n) is 13.2. The van der Waals surface area contributed by atoms with Crippen LogP contribution in [0.2, 0.25) is 0 Å². The number of aryl methyl sites for hydroxylation is 1. The van der Waals surface area contributed by atoms with E-state index in [0.29, 0.717) is 0 Å². The molecule has 0 bridgehead atoms. The molecule has 1 aliphatic heterocycles. The lowest BCUT2D eigenvalue weighted by Crippen LogP contribution is -2.33. The van der Waals surface area contributed by atoms with Gasteiger partial charge in [0.15, 0.2) is 0 Å². The van der Waals surface area contributed by atoms with E-state index in [4.69, 9.17) is 4.98 Å². The van der Waals surface area contributed by atoms with Crippen molar-refractivity contribution < 1.29 is 0 Å². The van der Waals surface area contributed by atoms with Crippen molar-refractivity contribution in [3.05, 3.63) is 11.9 Å². The number of aromatic nitrogens is 2. The zero-order chi connectivity index (χ0) is 14.4. The van der Waals surface area contributed by atoms with Crippen LogP contribution in [-0.4, -0.2) is 29.6 Å². The Balaban J connectivity index is 2.15. The van der Waals surface area contributed by atoms with Gasteiger partial charge in [-0.2, -0.15) is 0 Å². The van der Waals surface area contributed by atoms with Gasteiger partial charge in [-0.1, -0.05) is 20.8 Å². The number of anilines is 2. The summed E-state index contributed by atoms with van der Waals surface area (Å²) in [5, 5.41) is 3.40. The van der Waals surface area contributed by atoms with E-state index in [9.17, 15) is 0 Å². The van der Waals surface area contributed by atoms with E-state index >= 15 is 0 Å². The largest absolute Gasteiger partial charge is 0.370 e. The van der Waals surface area contributed by atoms with Crippen LogP contribution in [0.15, 0.2) is 6.07 Å². The summed E-state index contributed by atoms with van der Waals surface area (Å²) < 4.78 is 0. The number of piperidine rings is 1. The summed E-state index contributed by atoms with van der Waals surface area (Å²) >= 11 is 0. The quantitative estimate of drug-likeness (QED) is 0.863. The van der Waals surface area contributed by atoms with Crippen molar-refractivity contribution in [2.24, 2.45) is 5.92 Å². The van der Waals surface area contributed by atoms with E-state index < -0.39 is 0 Å². The van der Waals surface area contributed by atoms with Gasteiger partial charge in [-0.05, 0) is 31.6 Å². The Hall–Kier alpha value is -1.32. The number of hydrogen-bond acceptors (Lipinski definition) is 4. The van der Waals surface area contributed by atoms with E-state index in [-0.39, 0.29) is 0 Å². The summed E-state index contributed by atoms with van der Waals surface area (Å²) in [6.45, 7) is 9.91. The highest BCUT2D eigenvalue weighted by atomic mass is 15.2. The molecule has 2 heterocycles. The first-order chi connectivity index (χ1) is 9.72. The number of rotatable bonds is 6. The lowest BCUT2D eigenvalue weighted by molar-refractivity contribution is 0.436. The van der Waals surface area contributed by atoms with Crippen LogP contribution >= 0.6 is 0 Å². The molecule has 0 spiro atoms. The number of nitrogens with zero attached hydrogens (tertiary/aromatic N) is 3. The second-order valence-electron chi connectivity index (χ2n) is 5.87. The molecule has 0 unspecified atom stereocenters. The predicted octanol–water partition coefficient (Wildman–Crippen LogP) is 3.49. The fraction of sp³-hybridized carbons (Fsp3) is 0.750. The molecular formula is C16H28N4. The summed E-state index contributed by atoms with van der Waals surface area (Å²) in [6, 6.07) is 2.12. The van der Waals surface area contributed by atoms with Gasteiger partial charge >= 0.3 is 0 Å². The molecule has 1 fully saturated rings. The summed E-state index contributed by atoms with van der Waals surface area (Å²) in [5.41, 5.74) is 0. The summed E-state index contributed by atoms with van der Waals surface area (Å²) in [7, 11) is 0. The van der Waals surface area contributed by atoms with E-state index in [1.165, 1.54) is 12.8 Å². The first-order valence-corrected chi connectivity index (χ1v) is 8.09. The van der Waals surface area contributed by atoms with Gasteiger partial charge < -0.3 is 10.2 Å². The van der Waals surface area contributed by atoms with Crippen molar-refractivity contribution in [2.45, 2.75) is 52.9 Å². The predicted molar refractivity (Wildman–Crippen MR) is 85.4 cm³/mol. The Morgan fingerprint density at radius 2 is 1.95 bits per heavy atom. The molecule has 1 aromatic rings. The van der Waals surface area contributed by atoms with Crippen molar-refractivity contribution in [2.75, 3.05) is 29.9 Å². The SMILES string of the molecule is CCCNc1cc(N2CCC(C)CC2)nc(CCC)n1. The lowest BCUT2D eigenvalue weighted by Gasteiger charge is -2.31. The second-order valence-corrected chi connectivity index (χ2v) is 5.87. The van der Waals surface area contributed by atoms with Crippen molar-refractivity contribution >= 4 is 11.6 Å². The van der Waals surface area contributed by atoms with Crippen LogP contribution in [0.4, 0.5) is 11.6 Å². The highest BCUT2D eigenvalue weighted by Gasteiger charge is 2.18. The maximum Gasteiger partial charge on any atom is 0.134 e. The van der Waals surface area contributed by atoms with E-state index in [2.05, 4.69) is 42.0 Å². The monoisotopic (exact) mass is 276 g/mol. The minimum Gasteiger partial charge on any atom is -0.370 e. The standard InChI is InChI=1S/C16H28N4/c1-4-6-14-18-15(17-9-5-2)12-16(19-14)20-10-7-13(3)8-11-20/h12-13H,4-11H2,1-3H3,(H,17,18,19). The van der Waals surface area contributed by atoms with Gasteiger partial charge in [0.2, 0.25) is 0 Å². The molecule has 20 heavy (non-hydrogen) atoms. The van der Waals surface area contributed by atoms with Gasteiger partial charge in [-0.3, -0.25) is 0 Å². The van der Waals surface area contributed by atoms with Crippen LogP contribution < -0.4 is 10.2 Å². The molecule has 112 valence electrons. The summed E-state index contributed by atoms with van der Waals surface area (Å²) in [5.74, 6) is 3.91. The number of hydrogen-bond donors (Lipinski definition) is 1. The first-order valence-electron chi connectivity index (χ1n) is 8.09. The van der Waals surface area contributed by atoms with Crippen LogP contribution in [0.3, 0.4) is 0 Å². The van der Waals surface area contributed by atoms with Crippen molar-refractivity contribution in [3.63, 3.8) is 0 Å². The van der Waals surface area contributed by atoms with Gasteiger partial charge in [0.25, 0.3) is 0 Å². The average Bonchev–Trinajstić information content (AvgIpc) is 2.46. The van der Waals surface area contributed by atoms with E-state index in [0.717, 1.165) is 62.3 Å². The smallest absolute Gasteiger partial charge is 0.134 e. The molecular weight excluding hydrogens is 248 g/mol. The van der Waals surface area contributed by atoms with Crippen LogP contribution in [0.1, 0.15) is 52.3 Å². The molecule has 2 rings (SSSR count). The fourth-order valence-electron chi connectivity index (χ4n) is 2.56. The molecule has 1 saturated heterocycles. The normalized spacial score (nSPS) is 16.4. The maximum absolute atomic E-state index is 4.75. The van der Waals surface area contributed by atoms with Crippen molar-refractivity contribution in [1.29, 1.82) is 0 Å². The van der Waals surface area contributed by atoms with Gasteiger partial charge in [0, 0.05) is 32.1 Å². The van der Waals surface area contributed by atoms with E-state index in [1.807, 2.05) is 0 Å². The fourth-order valence-corrected chi connectivity index (χ4v) is 2.56. The molecule has 4 heteroatoms. The molecule has 0 radical (unpaired) electrons. The van der Waals surface area contributed by atoms with Crippen LogP contribution in [0, 0.1) is 5.92 Å². The topological polar surface area (TPSA) is 41.0 Å². The van der Waals surface area contributed by atoms with Crippen LogP contribution in [0.25, 0.3) is 0 Å². The van der Waals surface area contributed by atoms with Gasteiger partial charge in [-0.25, -0.2) is 9.97 Å². The minimum atomic E-state index is 0.848. The molecule has 0 amide bonds. The Bertz CT molecular complexity index is 411.